The van der Waals surface area contributed by atoms with E-state index in [1.165, 1.54) is 22.5 Å². The van der Waals surface area contributed by atoms with Gasteiger partial charge in [-0.15, -0.1) is 0 Å². The van der Waals surface area contributed by atoms with E-state index in [9.17, 15) is 18.5 Å². The van der Waals surface area contributed by atoms with Gasteiger partial charge < -0.3 is 4.52 Å². The van der Waals surface area contributed by atoms with Crippen LogP contribution in [-0.4, -0.2) is 29.3 Å². The number of nitro groups is 1. The van der Waals surface area contributed by atoms with Crippen LogP contribution in [0, 0.1) is 10.1 Å². The third-order valence-electron chi connectivity index (χ3n) is 4.30. The largest absolute Gasteiger partial charge is 0.361 e. The molecule has 1 aliphatic heterocycles. The zero-order valence-electron chi connectivity index (χ0n) is 14.0. The van der Waals surface area contributed by atoms with Crippen LogP contribution in [0.15, 0.2) is 39.8 Å². The fraction of sp³-hybridized carbons (Fsp3) is 0.438. The van der Waals surface area contributed by atoms with Crippen molar-refractivity contribution in [2.75, 3.05) is 6.54 Å². The third-order valence-corrected chi connectivity index (χ3v) is 6.20. The number of nitro benzene ring substituents is 1. The summed E-state index contributed by atoms with van der Waals surface area (Å²) in [7, 11) is -3.86. The minimum Gasteiger partial charge on any atom is -0.361 e. The molecule has 0 N–H and O–H groups in total. The van der Waals surface area contributed by atoms with Crippen molar-refractivity contribution < 1.29 is 17.9 Å². The molecule has 0 unspecified atom stereocenters. The first-order valence-electron chi connectivity index (χ1n) is 8.03. The van der Waals surface area contributed by atoms with E-state index in [2.05, 4.69) is 5.16 Å². The third kappa shape index (κ3) is 3.29. The Balaban J connectivity index is 1.95. The Bertz CT molecular complexity index is 891. The molecule has 1 aromatic heterocycles. The lowest BCUT2D eigenvalue weighted by atomic mass is 10.1. The normalized spacial score (nSPS) is 18.8. The Labute approximate surface area is 145 Å². The Hall–Kier alpha value is -2.26. The van der Waals surface area contributed by atoms with Gasteiger partial charge >= 0.3 is 0 Å². The molecule has 0 spiro atoms. The molecule has 1 aromatic carbocycles. The number of hydrogen-bond donors (Lipinski definition) is 0. The highest BCUT2D eigenvalue weighted by molar-refractivity contribution is 7.89. The highest BCUT2D eigenvalue weighted by Gasteiger charge is 2.38. The van der Waals surface area contributed by atoms with E-state index in [1.807, 2.05) is 13.8 Å². The number of benzene rings is 1. The minimum absolute atomic E-state index is 0.0822. The van der Waals surface area contributed by atoms with E-state index < -0.39 is 21.0 Å². The highest BCUT2D eigenvalue weighted by atomic mass is 32.2. The molecule has 9 heteroatoms. The van der Waals surface area contributed by atoms with E-state index in [0.717, 1.165) is 6.07 Å². The predicted molar refractivity (Wildman–Crippen MR) is 89.6 cm³/mol. The molecule has 0 radical (unpaired) electrons. The molecular weight excluding hydrogens is 346 g/mol. The molecule has 0 bridgehead atoms. The molecule has 0 saturated carbocycles. The van der Waals surface area contributed by atoms with Crippen LogP contribution in [0.4, 0.5) is 5.69 Å². The lowest BCUT2D eigenvalue weighted by Gasteiger charge is -2.22. The SMILES string of the molecule is CC(C)c1cc([C@@H]2CCCN2S(=O)(=O)c2cccc([N+](=O)[O-])c2)no1. The summed E-state index contributed by atoms with van der Waals surface area (Å²) in [4.78, 5) is 10.2. The summed E-state index contributed by atoms with van der Waals surface area (Å²) >= 11 is 0. The molecule has 1 saturated heterocycles. The summed E-state index contributed by atoms with van der Waals surface area (Å²) < 4.78 is 32.6. The van der Waals surface area contributed by atoms with Gasteiger partial charge in [0.25, 0.3) is 5.69 Å². The first-order valence-corrected chi connectivity index (χ1v) is 9.47. The lowest BCUT2D eigenvalue weighted by Crippen LogP contribution is -2.30. The number of aromatic nitrogens is 1. The molecule has 0 amide bonds. The van der Waals surface area contributed by atoms with Gasteiger partial charge in [-0.3, -0.25) is 10.1 Å². The highest BCUT2D eigenvalue weighted by Crippen LogP contribution is 2.37. The number of non-ortho nitro benzene ring substituents is 1. The second-order valence-electron chi connectivity index (χ2n) is 6.34. The minimum atomic E-state index is -3.86. The van der Waals surface area contributed by atoms with Gasteiger partial charge in [0.05, 0.1) is 15.9 Å². The van der Waals surface area contributed by atoms with E-state index in [-0.39, 0.29) is 16.5 Å². The molecule has 1 atom stereocenters. The van der Waals surface area contributed by atoms with Crippen LogP contribution < -0.4 is 0 Å². The van der Waals surface area contributed by atoms with E-state index in [4.69, 9.17) is 4.52 Å². The first-order chi connectivity index (χ1) is 11.8. The van der Waals surface area contributed by atoms with Crippen LogP contribution in [0.2, 0.25) is 0 Å². The van der Waals surface area contributed by atoms with Gasteiger partial charge in [0.2, 0.25) is 10.0 Å². The zero-order valence-corrected chi connectivity index (χ0v) is 14.8. The summed E-state index contributed by atoms with van der Waals surface area (Å²) in [6.45, 7) is 4.28. The fourth-order valence-electron chi connectivity index (χ4n) is 2.95. The monoisotopic (exact) mass is 365 g/mol. The molecule has 0 aliphatic carbocycles. The zero-order chi connectivity index (χ0) is 18.2. The maximum absolute atomic E-state index is 13.0. The molecule has 8 nitrogen and oxygen atoms in total. The van der Waals surface area contributed by atoms with Crippen molar-refractivity contribution in [2.24, 2.45) is 0 Å². The molecule has 2 aromatic rings. The number of rotatable bonds is 5. The van der Waals surface area contributed by atoms with Crippen molar-refractivity contribution in [1.29, 1.82) is 0 Å². The van der Waals surface area contributed by atoms with Crippen LogP contribution in [0.3, 0.4) is 0 Å². The van der Waals surface area contributed by atoms with Crippen molar-refractivity contribution in [2.45, 2.75) is 43.5 Å². The Morgan fingerprint density at radius 3 is 2.76 bits per heavy atom. The number of nitrogens with zero attached hydrogens (tertiary/aromatic N) is 3. The molecule has 3 rings (SSSR count). The molecule has 1 aliphatic rings. The van der Waals surface area contributed by atoms with E-state index in [1.54, 1.807) is 6.07 Å². The first kappa shape index (κ1) is 17.6. The lowest BCUT2D eigenvalue weighted by molar-refractivity contribution is -0.385. The summed E-state index contributed by atoms with van der Waals surface area (Å²) in [5.41, 5.74) is 0.329. The Kier molecular flexibility index (Phi) is 4.61. The van der Waals surface area contributed by atoms with Crippen LogP contribution in [-0.2, 0) is 10.0 Å². The standard InChI is InChI=1S/C16H19N3O5S/c1-11(2)16-10-14(17-24-16)15-7-4-8-18(15)25(22,23)13-6-3-5-12(9-13)19(20)21/h3,5-6,9-11,15H,4,7-8H2,1-2H3/t15-/m0/s1. The maximum Gasteiger partial charge on any atom is 0.270 e. The van der Waals surface area contributed by atoms with Crippen LogP contribution in [0.5, 0.6) is 0 Å². The van der Waals surface area contributed by atoms with Gasteiger partial charge in [-0.1, -0.05) is 25.1 Å². The predicted octanol–water partition coefficient (Wildman–Crippen LogP) is 3.23. The maximum atomic E-state index is 13.0. The van der Waals surface area contributed by atoms with E-state index in [0.29, 0.717) is 30.8 Å². The van der Waals surface area contributed by atoms with Crippen LogP contribution >= 0.6 is 0 Å². The van der Waals surface area contributed by atoms with Gasteiger partial charge in [-0.2, -0.15) is 4.31 Å². The molecular formula is C16H19N3O5S. The van der Waals surface area contributed by atoms with Gasteiger partial charge in [-0.25, -0.2) is 8.42 Å². The van der Waals surface area contributed by atoms with Gasteiger partial charge in [-0.05, 0) is 18.9 Å². The Morgan fingerprint density at radius 2 is 2.12 bits per heavy atom. The molecule has 2 heterocycles. The van der Waals surface area contributed by atoms with Crippen LogP contribution in [0.25, 0.3) is 0 Å². The molecule has 134 valence electrons. The smallest absolute Gasteiger partial charge is 0.270 e. The summed E-state index contributed by atoms with van der Waals surface area (Å²) in [6, 6.07) is 6.49. The van der Waals surface area contributed by atoms with Crippen molar-refractivity contribution in [3.05, 3.63) is 51.9 Å². The van der Waals surface area contributed by atoms with Crippen molar-refractivity contribution >= 4 is 15.7 Å². The number of sulfonamides is 1. The van der Waals surface area contributed by atoms with Crippen molar-refractivity contribution in [3.8, 4) is 0 Å². The number of hydrogen-bond acceptors (Lipinski definition) is 6. The van der Waals surface area contributed by atoms with Crippen molar-refractivity contribution in [3.63, 3.8) is 0 Å². The summed E-state index contributed by atoms with van der Waals surface area (Å²) in [5.74, 6) is 0.860. The van der Waals surface area contributed by atoms with Gasteiger partial charge in [0.1, 0.15) is 11.5 Å². The second kappa shape index (κ2) is 6.57. The Morgan fingerprint density at radius 1 is 1.36 bits per heavy atom. The average molecular weight is 365 g/mol. The van der Waals surface area contributed by atoms with Gasteiger partial charge in [0, 0.05) is 30.7 Å². The molecule has 25 heavy (non-hydrogen) atoms. The average Bonchev–Trinajstić information content (AvgIpc) is 3.24. The quantitative estimate of drug-likeness (QED) is 0.595. The van der Waals surface area contributed by atoms with Crippen LogP contribution in [0.1, 0.15) is 50.1 Å². The topological polar surface area (TPSA) is 107 Å². The van der Waals surface area contributed by atoms with Gasteiger partial charge in [0.15, 0.2) is 0 Å². The summed E-state index contributed by atoms with van der Waals surface area (Å²) in [5, 5.41) is 15.0. The fourth-order valence-corrected chi connectivity index (χ4v) is 4.66. The second-order valence-corrected chi connectivity index (χ2v) is 8.23. The van der Waals surface area contributed by atoms with Crippen molar-refractivity contribution in [1.82, 2.24) is 9.46 Å². The van der Waals surface area contributed by atoms with E-state index >= 15 is 0 Å². The summed E-state index contributed by atoms with van der Waals surface area (Å²) in [6.07, 6.45) is 1.33. The molecule has 1 fully saturated rings.